The Bertz CT molecular complexity index is 993. The number of aliphatic imine (C=N–C) groups is 1. The third-order valence-electron chi connectivity index (χ3n) is 3.17. The van der Waals surface area contributed by atoms with Crippen LogP contribution in [0.4, 0.5) is 15.9 Å². The minimum absolute atomic E-state index is 0.0232. The molecule has 1 aromatic heterocycles. The van der Waals surface area contributed by atoms with Gasteiger partial charge in [-0.05, 0) is 44.4 Å². The van der Waals surface area contributed by atoms with Gasteiger partial charge >= 0.3 is 0 Å². The lowest BCUT2D eigenvalue weighted by Gasteiger charge is -2.08. The van der Waals surface area contributed by atoms with Crippen LogP contribution in [-0.2, 0) is 9.62 Å². The monoisotopic (exact) mass is 458 g/mol. The number of nitrogens with one attached hydrogen (secondary N) is 3. The van der Waals surface area contributed by atoms with E-state index in [2.05, 4.69) is 45.5 Å². The van der Waals surface area contributed by atoms with Crippen molar-refractivity contribution in [2.24, 2.45) is 9.36 Å². The molecule has 0 aliphatic carbocycles. The molecule has 0 aliphatic rings. The zero-order chi connectivity index (χ0) is 19.9. The second-order valence-corrected chi connectivity index (χ2v) is 8.85. The molecule has 0 spiro atoms. The van der Waals surface area contributed by atoms with E-state index < -0.39 is 15.4 Å². The van der Waals surface area contributed by atoms with Gasteiger partial charge in [0.25, 0.3) is 0 Å². The van der Waals surface area contributed by atoms with Crippen LogP contribution in [0.25, 0.3) is 0 Å². The standard InChI is InChI=1S/C14H16BrFN8O2S/c1-27(18,20-5-4-17)7-6-19-13-12(23-26-24-13)14(22-25)21-9-2-3-11(16)10(15)8-9/h2-3,8,18,25H,5-7H2,1H3,(H,19,24)(H,21,22). The second-order valence-electron chi connectivity index (χ2n) is 5.25. The Morgan fingerprint density at radius 3 is 2.96 bits per heavy atom. The molecule has 4 N–H and O–H groups in total. The number of benzene rings is 1. The highest BCUT2D eigenvalue weighted by Gasteiger charge is 2.16. The molecule has 1 aromatic carbocycles. The zero-order valence-corrected chi connectivity index (χ0v) is 16.5. The quantitative estimate of drug-likeness (QED) is 0.215. The van der Waals surface area contributed by atoms with Gasteiger partial charge in [-0.25, -0.2) is 18.4 Å². The van der Waals surface area contributed by atoms with E-state index in [1.807, 2.05) is 11.5 Å². The average molecular weight is 459 g/mol. The molecule has 0 aliphatic heterocycles. The number of hydrogen-bond donors (Lipinski definition) is 4. The summed E-state index contributed by atoms with van der Waals surface area (Å²) in [6, 6.07) is 5.96. The lowest BCUT2D eigenvalue weighted by Crippen LogP contribution is -2.23. The molecule has 2 aromatic rings. The number of amidine groups is 1. The molecule has 27 heavy (non-hydrogen) atoms. The Balaban J connectivity index is 2.16. The summed E-state index contributed by atoms with van der Waals surface area (Å²) in [6.45, 7) is 0.302. The highest BCUT2D eigenvalue weighted by atomic mass is 79.9. The van der Waals surface area contributed by atoms with E-state index in [1.54, 1.807) is 6.26 Å². The Morgan fingerprint density at radius 1 is 1.52 bits per heavy atom. The van der Waals surface area contributed by atoms with Crippen molar-refractivity contribution in [3.63, 3.8) is 0 Å². The smallest absolute Gasteiger partial charge is 0.202 e. The molecule has 0 radical (unpaired) electrons. The number of aromatic nitrogens is 2. The van der Waals surface area contributed by atoms with Crippen LogP contribution >= 0.6 is 15.9 Å². The van der Waals surface area contributed by atoms with Gasteiger partial charge in [0.05, 0.1) is 16.2 Å². The molecule has 0 saturated carbocycles. The molecule has 0 fully saturated rings. The van der Waals surface area contributed by atoms with Gasteiger partial charge in [0.1, 0.15) is 12.4 Å². The summed E-state index contributed by atoms with van der Waals surface area (Å²) < 4.78 is 30.3. The van der Waals surface area contributed by atoms with Crippen LogP contribution < -0.4 is 10.8 Å². The summed E-state index contributed by atoms with van der Waals surface area (Å²) in [5.74, 6) is 0.0744. The van der Waals surface area contributed by atoms with Crippen molar-refractivity contribution in [1.29, 1.82) is 10.0 Å². The van der Waals surface area contributed by atoms with E-state index >= 15 is 0 Å². The summed E-state index contributed by atoms with van der Waals surface area (Å²) in [4.78, 5) is 4.15. The molecule has 2 rings (SSSR count). The molecule has 10 nitrogen and oxygen atoms in total. The fourth-order valence-corrected chi connectivity index (χ4v) is 3.22. The fraction of sp³-hybridized carbons (Fsp3) is 0.286. The molecule has 1 heterocycles. The van der Waals surface area contributed by atoms with Crippen molar-refractivity contribution in [3.8, 4) is 6.07 Å². The minimum Gasteiger partial charge on any atom is -0.364 e. The highest BCUT2D eigenvalue weighted by molar-refractivity contribution is 9.10. The fourth-order valence-electron chi connectivity index (χ4n) is 1.88. The van der Waals surface area contributed by atoms with Gasteiger partial charge in [-0.15, -0.1) is 0 Å². The van der Waals surface area contributed by atoms with Crippen molar-refractivity contribution >= 4 is 42.9 Å². The lowest BCUT2D eigenvalue weighted by molar-refractivity contribution is 0.234. The van der Waals surface area contributed by atoms with Crippen LogP contribution in [0.15, 0.2) is 36.7 Å². The number of hydrogen-bond acceptors (Lipinski definition) is 9. The summed E-state index contributed by atoms with van der Waals surface area (Å²) in [5.41, 5.74) is 2.37. The number of nitrogens with zero attached hydrogens (tertiary/aromatic N) is 5. The maximum atomic E-state index is 13.3. The van der Waals surface area contributed by atoms with Gasteiger partial charge in [-0.1, -0.05) is 9.62 Å². The first-order chi connectivity index (χ1) is 12.9. The second kappa shape index (κ2) is 9.40. The van der Waals surface area contributed by atoms with E-state index in [1.165, 1.54) is 18.2 Å². The number of rotatable bonds is 7. The van der Waals surface area contributed by atoms with Gasteiger partial charge < -0.3 is 5.32 Å². The maximum absolute atomic E-state index is 13.3. The molecule has 1 unspecified atom stereocenters. The first-order valence-electron chi connectivity index (χ1n) is 7.43. The van der Waals surface area contributed by atoms with E-state index in [4.69, 9.17) is 10.0 Å². The van der Waals surface area contributed by atoms with Gasteiger partial charge in [0.2, 0.25) is 5.82 Å². The largest absolute Gasteiger partial charge is 0.364 e. The number of halogens is 2. The Hall–Kier alpha value is -2.56. The first kappa shape index (κ1) is 20.7. The topological polar surface area (TPSA) is 156 Å². The van der Waals surface area contributed by atoms with Crippen molar-refractivity contribution in [1.82, 2.24) is 15.8 Å². The Kier molecular flexibility index (Phi) is 7.22. The summed E-state index contributed by atoms with van der Waals surface area (Å²) in [5, 5.41) is 28.3. The van der Waals surface area contributed by atoms with E-state index in [9.17, 15) is 9.60 Å². The van der Waals surface area contributed by atoms with Crippen LogP contribution in [0.2, 0.25) is 0 Å². The predicted octanol–water partition coefficient (Wildman–Crippen LogP) is 2.69. The van der Waals surface area contributed by atoms with E-state index in [0.717, 1.165) is 0 Å². The minimum atomic E-state index is -2.02. The average Bonchev–Trinajstić information content (AvgIpc) is 3.09. The Morgan fingerprint density at radius 2 is 2.30 bits per heavy atom. The number of hydroxylamine groups is 1. The van der Waals surface area contributed by atoms with Crippen molar-refractivity contribution in [2.75, 3.05) is 30.4 Å². The molecular formula is C14H16BrFN8O2S. The summed E-state index contributed by atoms with van der Waals surface area (Å²) >= 11 is 3.06. The SMILES string of the molecule is CS(=N)(CCNc1nonc1C(=Nc1ccc(F)c(Br)c1)NO)=NCC#N. The van der Waals surface area contributed by atoms with Gasteiger partial charge in [0, 0.05) is 18.6 Å². The van der Waals surface area contributed by atoms with Gasteiger partial charge in [-0.3, -0.25) is 15.5 Å². The third-order valence-corrected chi connectivity index (χ3v) is 5.48. The summed E-state index contributed by atoms with van der Waals surface area (Å²) in [6.07, 6.45) is 1.67. The molecule has 0 amide bonds. The lowest BCUT2D eigenvalue weighted by atomic mass is 10.3. The zero-order valence-electron chi connectivity index (χ0n) is 14.1. The number of anilines is 1. The molecule has 144 valence electrons. The van der Waals surface area contributed by atoms with Gasteiger partial charge in [0.15, 0.2) is 11.5 Å². The van der Waals surface area contributed by atoms with Crippen LogP contribution in [0, 0.1) is 21.9 Å². The van der Waals surface area contributed by atoms with Crippen LogP contribution in [0.5, 0.6) is 0 Å². The highest BCUT2D eigenvalue weighted by Crippen LogP contribution is 2.23. The van der Waals surface area contributed by atoms with Crippen molar-refractivity contribution in [3.05, 3.63) is 34.2 Å². The van der Waals surface area contributed by atoms with Crippen LogP contribution in [-0.4, -0.2) is 46.5 Å². The summed E-state index contributed by atoms with van der Waals surface area (Å²) in [7, 11) is -2.02. The molecule has 0 saturated heterocycles. The molecular weight excluding hydrogens is 443 g/mol. The molecule has 1 atom stereocenters. The van der Waals surface area contributed by atoms with E-state index in [-0.39, 0.29) is 28.4 Å². The van der Waals surface area contributed by atoms with Crippen molar-refractivity contribution in [2.45, 2.75) is 0 Å². The van der Waals surface area contributed by atoms with Crippen molar-refractivity contribution < 1.29 is 14.2 Å². The normalized spacial score (nSPS) is 13.5. The maximum Gasteiger partial charge on any atom is 0.202 e. The van der Waals surface area contributed by atoms with Crippen LogP contribution in [0.1, 0.15) is 5.69 Å². The third kappa shape index (κ3) is 5.98. The number of nitriles is 1. The van der Waals surface area contributed by atoms with Gasteiger partial charge in [-0.2, -0.15) is 5.26 Å². The predicted molar refractivity (Wildman–Crippen MR) is 102 cm³/mol. The molecule has 13 heteroatoms. The molecule has 0 bridgehead atoms. The first-order valence-corrected chi connectivity index (χ1v) is 10.4. The van der Waals surface area contributed by atoms with E-state index in [0.29, 0.717) is 18.0 Å². The Labute approximate surface area is 163 Å². The van der Waals surface area contributed by atoms with Crippen LogP contribution in [0.3, 0.4) is 0 Å².